The van der Waals surface area contributed by atoms with Crippen molar-refractivity contribution in [2.24, 2.45) is 0 Å². The Morgan fingerprint density at radius 1 is 1.60 bits per heavy atom. The number of hydrogen-bond donors (Lipinski definition) is 0. The zero-order valence-electron chi connectivity index (χ0n) is 9.25. The van der Waals surface area contributed by atoms with Crippen molar-refractivity contribution in [1.29, 1.82) is 0 Å². The van der Waals surface area contributed by atoms with Crippen molar-refractivity contribution < 1.29 is 4.74 Å². The second-order valence-corrected chi connectivity index (χ2v) is 6.06. The van der Waals surface area contributed by atoms with Gasteiger partial charge in [0.15, 0.2) is 0 Å². The van der Waals surface area contributed by atoms with Gasteiger partial charge in [-0.25, -0.2) is 0 Å². The van der Waals surface area contributed by atoms with Crippen LogP contribution in [-0.2, 0) is 4.74 Å². The molecule has 1 fully saturated rings. The second-order valence-electron chi connectivity index (χ2n) is 4.24. The Morgan fingerprint density at radius 3 is 2.93 bits per heavy atom. The molecule has 0 bridgehead atoms. The van der Waals surface area contributed by atoms with Crippen molar-refractivity contribution in [3.63, 3.8) is 0 Å². The molecular formula is C12H17ClOS. The van der Waals surface area contributed by atoms with Gasteiger partial charge in [-0.1, -0.05) is 0 Å². The molecule has 2 unspecified atom stereocenters. The molecule has 0 aromatic carbocycles. The summed E-state index contributed by atoms with van der Waals surface area (Å²) in [4.78, 5) is 2.67. The number of hydrogen-bond acceptors (Lipinski definition) is 2. The molecule has 0 spiro atoms. The predicted molar refractivity (Wildman–Crippen MR) is 66.0 cm³/mol. The van der Waals surface area contributed by atoms with Gasteiger partial charge in [-0.3, -0.25) is 0 Å². The van der Waals surface area contributed by atoms with Crippen LogP contribution in [0.3, 0.4) is 0 Å². The van der Waals surface area contributed by atoms with Crippen LogP contribution in [0.25, 0.3) is 0 Å². The van der Waals surface area contributed by atoms with Crippen molar-refractivity contribution in [2.45, 2.75) is 44.6 Å². The summed E-state index contributed by atoms with van der Waals surface area (Å²) < 4.78 is 5.61. The summed E-state index contributed by atoms with van der Waals surface area (Å²) in [5.74, 6) is 0. The number of ether oxygens (including phenoxy) is 1. The molecule has 0 amide bonds. The smallest absolute Gasteiger partial charge is 0.0706 e. The first-order chi connectivity index (χ1) is 7.16. The molecule has 1 aliphatic heterocycles. The normalized spacial score (nSPS) is 23.3. The van der Waals surface area contributed by atoms with Gasteiger partial charge in [0.2, 0.25) is 0 Å². The van der Waals surface area contributed by atoms with Gasteiger partial charge in [0.05, 0.1) is 11.5 Å². The molecule has 84 valence electrons. The van der Waals surface area contributed by atoms with E-state index in [1.165, 1.54) is 28.2 Å². The van der Waals surface area contributed by atoms with Crippen LogP contribution in [-0.4, -0.2) is 12.7 Å². The average molecular weight is 245 g/mol. The van der Waals surface area contributed by atoms with Crippen LogP contribution in [0.1, 0.15) is 40.0 Å². The Kier molecular flexibility index (Phi) is 3.70. The van der Waals surface area contributed by atoms with Crippen molar-refractivity contribution in [1.82, 2.24) is 0 Å². The summed E-state index contributed by atoms with van der Waals surface area (Å²) in [6.07, 6.45) is 3.71. The maximum absolute atomic E-state index is 6.44. The molecule has 0 N–H and O–H groups in total. The van der Waals surface area contributed by atoms with Gasteiger partial charge >= 0.3 is 0 Å². The highest BCUT2D eigenvalue weighted by atomic mass is 35.5. The summed E-state index contributed by atoms with van der Waals surface area (Å²) in [5, 5.41) is 0.131. The molecule has 3 heteroatoms. The monoisotopic (exact) mass is 244 g/mol. The number of thiophene rings is 1. The molecule has 15 heavy (non-hydrogen) atoms. The minimum Gasteiger partial charge on any atom is -0.378 e. The number of halogens is 1. The Bertz CT molecular complexity index is 328. The van der Waals surface area contributed by atoms with E-state index in [4.69, 9.17) is 16.3 Å². The fraction of sp³-hybridized carbons (Fsp3) is 0.667. The van der Waals surface area contributed by atoms with Crippen LogP contribution >= 0.6 is 22.9 Å². The van der Waals surface area contributed by atoms with Gasteiger partial charge in [-0.2, -0.15) is 0 Å². The van der Waals surface area contributed by atoms with E-state index < -0.39 is 0 Å². The highest BCUT2D eigenvalue weighted by Gasteiger charge is 2.22. The fourth-order valence-corrected chi connectivity index (χ4v) is 3.67. The number of rotatable bonds is 3. The Labute approximate surface area is 100 Å². The molecule has 1 nitrogen and oxygen atoms in total. The van der Waals surface area contributed by atoms with Crippen LogP contribution in [0, 0.1) is 13.8 Å². The largest absolute Gasteiger partial charge is 0.378 e. The Hall–Kier alpha value is -0.0500. The van der Waals surface area contributed by atoms with E-state index in [0.29, 0.717) is 6.10 Å². The average Bonchev–Trinajstić information content (AvgIpc) is 2.75. The minimum absolute atomic E-state index is 0.131. The van der Waals surface area contributed by atoms with E-state index in [2.05, 4.69) is 19.9 Å². The minimum atomic E-state index is 0.131. The molecular weight excluding hydrogens is 228 g/mol. The zero-order valence-corrected chi connectivity index (χ0v) is 10.8. The molecule has 2 heterocycles. The molecule has 0 radical (unpaired) electrons. The molecule has 2 atom stereocenters. The lowest BCUT2D eigenvalue weighted by molar-refractivity contribution is 0.103. The van der Waals surface area contributed by atoms with Gasteiger partial charge < -0.3 is 4.74 Å². The second kappa shape index (κ2) is 4.86. The summed E-state index contributed by atoms with van der Waals surface area (Å²) in [7, 11) is 0. The van der Waals surface area contributed by atoms with Crippen molar-refractivity contribution in [3.8, 4) is 0 Å². The first-order valence-corrected chi connectivity index (χ1v) is 6.74. The summed E-state index contributed by atoms with van der Waals surface area (Å²) in [5.41, 5.74) is 1.33. The van der Waals surface area contributed by atoms with E-state index in [1.807, 2.05) is 11.3 Å². The summed E-state index contributed by atoms with van der Waals surface area (Å²) in [6, 6.07) is 2.21. The standard InChI is InChI=1S/C12H17ClOS/c1-8-6-9(2)15-12(8)11(13)7-10-4-3-5-14-10/h6,10-11H,3-5,7H2,1-2H3. The van der Waals surface area contributed by atoms with E-state index in [1.54, 1.807) is 0 Å². The Morgan fingerprint density at radius 2 is 2.40 bits per heavy atom. The van der Waals surface area contributed by atoms with Crippen LogP contribution < -0.4 is 0 Å². The van der Waals surface area contributed by atoms with Crippen LogP contribution in [0.4, 0.5) is 0 Å². The molecule has 2 rings (SSSR count). The number of alkyl halides is 1. The third-order valence-corrected chi connectivity index (χ3v) is 4.65. The maximum Gasteiger partial charge on any atom is 0.0706 e. The summed E-state index contributed by atoms with van der Waals surface area (Å²) in [6.45, 7) is 5.19. The van der Waals surface area contributed by atoms with E-state index in [9.17, 15) is 0 Å². The van der Waals surface area contributed by atoms with Gasteiger partial charge in [0.1, 0.15) is 0 Å². The summed E-state index contributed by atoms with van der Waals surface area (Å²) >= 11 is 8.25. The van der Waals surface area contributed by atoms with Crippen LogP contribution in [0.5, 0.6) is 0 Å². The molecule has 1 aliphatic rings. The van der Waals surface area contributed by atoms with Crippen molar-refractivity contribution >= 4 is 22.9 Å². The van der Waals surface area contributed by atoms with E-state index >= 15 is 0 Å². The molecule has 1 saturated heterocycles. The first-order valence-electron chi connectivity index (χ1n) is 5.49. The predicted octanol–water partition coefficient (Wildman–Crippen LogP) is 4.21. The zero-order chi connectivity index (χ0) is 10.8. The van der Waals surface area contributed by atoms with E-state index in [-0.39, 0.29) is 5.38 Å². The van der Waals surface area contributed by atoms with Gasteiger partial charge in [0.25, 0.3) is 0 Å². The van der Waals surface area contributed by atoms with Gasteiger partial charge in [-0.15, -0.1) is 22.9 Å². The topological polar surface area (TPSA) is 9.23 Å². The van der Waals surface area contributed by atoms with Gasteiger partial charge in [-0.05, 0) is 44.7 Å². The van der Waals surface area contributed by atoms with Gasteiger partial charge in [0, 0.05) is 16.4 Å². The lowest BCUT2D eigenvalue weighted by Crippen LogP contribution is -2.07. The SMILES string of the molecule is Cc1cc(C)c(C(Cl)CC2CCCO2)s1. The molecule has 1 aromatic heterocycles. The highest BCUT2D eigenvalue weighted by Crippen LogP contribution is 2.36. The quantitative estimate of drug-likeness (QED) is 0.724. The molecule has 0 saturated carbocycles. The molecule has 1 aromatic rings. The Balaban J connectivity index is 2.00. The maximum atomic E-state index is 6.44. The fourth-order valence-electron chi connectivity index (χ4n) is 2.14. The van der Waals surface area contributed by atoms with Crippen molar-refractivity contribution in [3.05, 3.63) is 21.4 Å². The third-order valence-electron chi connectivity index (χ3n) is 2.86. The van der Waals surface area contributed by atoms with Crippen LogP contribution in [0.15, 0.2) is 6.07 Å². The lowest BCUT2D eigenvalue weighted by atomic mass is 10.1. The molecule has 0 aliphatic carbocycles. The lowest BCUT2D eigenvalue weighted by Gasteiger charge is -2.13. The highest BCUT2D eigenvalue weighted by molar-refractivity contribution is 7.12. The number of aryl methyl sites for hydroxylation is 2. The van der Waals surface area contributed by atoms with Crippen LogP contribution in [0.2, 0.25) is 0 Å². The third kappa shape index (κ3) is 2.74. The van der Waals surface area contributed by atoms with E-state index in [0.717, 1.165) is 13.0 Å². The first kappa shape index (κ1) is 11.4. The van der Waals surface area contributed by atoms with Crippen molar-refractivity contribution in [2.75, 3.05) is 6.61 Å².